The van der Waals surface area contributed by atoms with Crippen molar-refractivity contribution in [2.24, 2.45) is 5.92 Å². The molecule has 15 heavy (non-hydrogen) atoms. The van der Waals surface area contributed by atoms with E-state index < -0.39 is 0 Å². The molecule has 0 saturated carbocycles. The first-order valence-electron chi connectivity index (χ1n) is 5.08. The zero-order chi connectivity index (χ0) is 10.8. The summed E-state index contributed by atoms with van der Waals surface area (Å²) in [6.45, 7) is 3.60. The zero-order valence-electron chi connectivity index (χ0n) is 8.99. The Morgan fingerprint density at radius 3 is 3.07 bits per heavy atom. The molecule has 1 aliphatic heterocycles. The van der Waals surface area contributed by atoms with E-state index in [9.17, 15) is 4.79 Å². The number of nitrogens with zero attached hydrogens (tertiary/aromatic N) is 2. The van der Waals surface area contributed by atoms with Crippen LogP contribution in [0.25, 0.3) is 0 Å². The second-order valence-electron chi connectivity index (χ2n) is 4.06. The van der Waals surface area contributed by atoms with Crippen LogP contribution < -0.4 is 5.32 Å². The Morgan fingerprint density at radius 2 is 2.53 bits per heavy atom. The number of hydrogen-bond acceptors (Lipinski definition) is 4. The number of likely N-dealkylation sites (tertiary alicyclic amines) is 1. The lowest BCUT2D eigenvalue weighted by atomic mass is 10.1. The van der Waals surface area contributed by atoms with Gasteiger partial charge in [-0.2, -0.15) is 0 Å². The Morgan fingerprint density at radius 1 is 1.73 bits per heavy atom. The summed E-state index contributed by atoms with van der Waals surface area (Å²) in [6, 6.07) is 1.72. The van der Waals surface area contributed by atoms with E-state index in [1.54, 1.807) is 13.0 Å². The molecule has 0 aliphatic carbocycles. The topological polar surface area (TPSA) is 58.4 Å². The molecule has 0 aromatic carbocycles. The van der Waals surface area contributed by atoms with Crippen molar-refractivity contribution in [1.29, 1.82) is 0 Å². The minimum atomic E-state index is 0.0349. The van der Waals surface area contributed by atoms with Crippen molar-refractivity contribution in [2.45, 2.75) is 13.3 Å². The van der Waals surface area contributed by atoms with Crippen molar-refractivity contribution in [3.63, 3.8) is 0 Å². The third-order valence-electron chi connectivity index (χ3n) is 2.64. The molecule has 1 aromatic heterocycles. The molecule has 0 bridgehead atoms. The van der Waals surface area contributed by atoms with E-state index in [-0.39, 0.29) is 11.8 Å². The van der Waals surface area contributed by atoms with Gasteiger partial charge < -0.3 is 14.7 Å². The molecule has 0 spiro atoms. The van der Waals surface area contributed by atoms with Gasteiger partial charge in [-0.3, -0.25) is 4.79 Å². The molecule has 1 saturated heterocycles. The number of anilines is 1. The summed E-state index contributed by atoms with van der Waals surface area (Å²) in [7, 11) is 2.02. The number of carbonyl (C=O) groups is 1. The first-order chi connectivity index (χ1) is 7.15. The summed E-state index contributed by atoms with van der Waals surface area (Å²) in [5, 5.41) is 6.48. The molecule has 5 heteroatoms. The number of carbonyl (C=O) groups excluding carboxylic acids is 1. The monoisotopic (exact) mass is 209 g/mol. The highest BCUT2D eigenvalue weighted by molar-refractivity contribution is 5.91. The predicted octanol–water partition coefficient (Wildman–Crippen LogP) is 0.873. The summed E-state index contributed by atoms with van der Waals surface area (Å²) >= 11 is 0. The second kappa shape index (κ2) is 4.02. The fourth-order valence-corrected chi connectivity index (χ4v) is 1.80. The molecule has 82 valence electrons. The normalized spacial score (nSPS) is 21.9. The smallest absolute Gasteiger partial charge is 0.230 e. The fraction of sp³-hybridized carbons (Fsp3) is 0.600. The quantitative estimate of drug-likeness (QED) is 0.785. The summed E-state index contributed by atoms with van der Waals surface area (Å²) in [6.07, 6.45) is 0.916. The van der Waals surface area contributed by atoms with Gasteiger partial charge in [0.1, 0.15) is 5.76 Å². The van der Waals surface area contributed by atoms with Gasteiger partial charge in [-0.05, 0) is 26.9 Å². The van der Waals surface area contributed by atoms with Gasteiger partial charge in [0.15, 0.2) is 5.82 Å². The first kappa shape index (κ1) is 10.2. The zero-order valence-corrected chi connectivity index (χ0v) is 8.99. The van der Waals surface area contributed by atoms with Crippen molar-refractivity contribution in [2.75, 3.05) is 25.5 Å². The largest absolute Gasteiger partial charge is 0.360 e. The van der Waals surface area contributed by atoms with Gasteiger partial charge in [-0.25, -0.2) is 0 Å². The van der Waals surface area contributed by atoms with Gasteiger partial charge in [0.25, 0.3) is 0 Å². The minimum absolute atomic E-state index is 0.0349. The van der Waals surface area contributed by atoms with Crippen LogP contribution in [0.4, 0.5) is 5.82 Å². The second-order valence-corrected chi connectivity index (χ2v) is 4.06. The van der Waals surface area contributed by atoms with Gasteiger partial charge in [0, 0.05) is 12.6 Å². The Hall–Kier alpha value is -1.36. The Bertz CT molecular complexity index is 361. The Kier molecular flexibility index (Phi) is 2.73. The minimum Gasteiger partial charge on any atom is -0.360 e. The van der Waals surface area contributed by atoms with Crippen LogP contribution in [-0.2, 0) is 4.79 Å². The van der Waals surface area contributed by atoms with Crippen LogP contribution in [0.3, 0.4) is 0 Å². The van der Waals surface area contributed by atoms with Crippen molar-refractivity contribution in [1.82, 2.24) is 10.1 Å². The van der Waals surface area contributed by atoms with Crippen molar-refractivity contribution in [3.8, 4) is 0 Å². The highest BCUT2D eigenvalue weighted by Gasteiger charge is 2.26. The third-order valence-corrected chi connectivity index (χ3v) is 2.64. The van der Waals surface area contributed by atoms with E-state index in [4.69, 9.17) is 4.52 Å². The van der Waals surface area contributed by atoms with Gasteiger partial charge in [-0.1, -0.05) is 5.16 Å². The summed E-state index contributed by atoms with van der Waals surface area (Å²) < 4.78 is 4.87. The Balaban J connectivity index is 1.92. The molecule has 1 aromatic rings. The van der Waals surface area contributed by atoms with E-state index >= 15 is 0 Å². The molecule has 5 nitrogen and oxygen atoms in total. The summed E-state index contributed by atoms with van der Waals surface area (Å²) in [4.78, 5) is 13.9. The van der Waals surface area contributed by atoms with Gasteiger partial charge in [0.2, 0.25) is 5.91 Å². The van der Waals surface area contributed by atoms with Crippen LogP contribution in [-0.4, -0.2) is 36.1 Å². The highest BCUT2D eigenvalue weighted by Crippen LogP contribution is 2.16. The molecular weight excluding hydrogens is 194 g/mol. The van der Waals surface area contributed by atoms with Crippen LogP contribution in [0.5, 0.6) is 0 Å². The maximum Gasteiger partial charge on any atom is 0.230 e. The number of nitrogens with one attached hydrogen (secondary N) is 1. The summed E-state index contributed by atoms with van der Waals surface area (Å²) in [5.74, 6) is 1.32. The lowest BCUT2D eigenvalue weighted by molar-refractivity contribution is -0.119. The van der Waals surface area contributed by atoms with E-state index in [1.807, 2.05) is 7.05 Å². The van der Waals surface area contributed by atoms with Crippen molar-refractivity contribution >= 4 is 11.7 Å². The molecule has 1 N–H and O–H groups in total. The lowest BCUT2D eigenvalue weighted by Gasteiger charge is -2.08. The number of amides is 1. The van der Waals surface area contributed by atoms with Gasteiger partial charge in [0.05, 0.1) is 5.92 Å². The van der Waals surface area contributed by atoms with E-state index in [0.29, 0.717) is 11.6 Å². The maximum atomic E-state index is 11.8. The molecule has 1 amide bonds. The van der Waals surface area contributed by atoms with Crippen LogP contribution in [0.15, 0.2) is 10.6 Å². The van der Waals surface area contributed by atoms with Gasteiger partial charge in [-0.15, -0.1) is 0 Å². The number of hydrogen-bond donors (Lipinski definition) is 1. The van der Waals surface area contributed by atoms with Crippen LogP contribution in [0, 0.1) is 12.8 Å². The molecule has 1 fully saturated rings. The third kappa shape index (κ3) is 2.36. The van der Waals surface area contributed by atoms with Crippen LogP contribution in [0.2, 0.25) is 0 Å². The summed E-state index contributed by atoms with van der Waals surface area (Å²) in [5.41, 5.74) is 0. The first-order valence-corrected chi connectivity index (χ1v) is 5.08. The lowest BCUT2D eigenvalue weighted by Crippen LogP contribution is -2.25. The molecule has 2 rings (SSSR count). The van der Waals surface area contributed by atoms with Crippen LogP contribution in [0.1, 0.15) is 12.2 Å². The number of aryl methyl sites for hydroxylation is 1. The van der Waals surface area contributed by atoms with Crippen molar-refractivity contribution < 1.29 is 9.32 Å². The molecule has 0 radical (unpaired) electrons. The standard InChI is InChI=1S/C10H15N3O2/c1-7-5-9(12-15-7)11-10(14)8-3-4-13(2)6-8/h5,8H,3-4,6H2,1-2H3,(H,11,12,14). The molecule has 1 aliphatic rings. The fourth-order valence-electron chi connectivity index (χ4n) is 1.80. The molecule has 2 heterocycles. The highest BCUT2D eigenvalue weighted by atomic mass is 16.5. The van der Waals surface area contributed by atoms with Crippen molar-refractivity contribution in [3.05, 3.63) is 11.8 Å². The number of aromatic nitrogens is 1. The number of rotatable bonds is 2. The maximum absolute atomic E-state index is 11.8. The SMILES string of the molecule is Cc1cc(NC(=O)C2CCN(C)C2)no1. The van der Waals surface area contributed by atoms with E-state index in [0.717, 1.165) is 19.5 Å². The van der Waals surface area contributed by atoms with E-state index in [2.05, 4.69) is 15.4 Å². The van der Waals surface area contributed by atoms with E-state index in [1.165, 1.54) is 0 Å². The van der Waals surface area contributed by atoms with Gasteiger partial charge >= 0.3 is 0 Å². The average molecular weight is 209 g/mol. The molecule has 1 atom stereocenters. The van der Waals surface area contributed by atoms with Crippen LogP contribution >= 0.6 is 0 Å². The average Bonchev–Trinajstić information content (AvgIpc) is 2.75. The molecular formula is C10H15N3O2. The molecule has 1 unspecified atom stereocenters. The predicted molar refractivity (Wildman–Crippen MR) is 55.5 cm³/mol. The Labute approximate surface area is 88.4 Å².